The third-order valence-electron chi connectivity index (χ3n) is 1.66. The van der Waals surface area contributed by atoms with E-state index in [0.29, 0.717) is 5.69 Å². The minimum atomic E-state index is -0.431. The summed E-state index contributed by atoms with van der Waals surface area (Å²) in [6, 6.07) is 6.83. The summed E-state index contributed by atoms with van der Waals surface area (Å²) in [6.07, 6.45) is 4.32. The number of methoxy groups -OCH3 is 1. The zero-order chi connectivity index (χ0) is 11.1. The van der Waals surface area contributed by atoms with Gasteiger partial charge in [0.15, 0.2) is 0 Å². The van der Waals surface area contributed by atoms with Gasteiger partial charge in [0.05, 0.1) is 12.8 Å². The second kappa shape index (κ2) is 5.52. The highest BCUT2D eigenvalue weighted by atomic mass is 16.5. The van der Waals surface area contributed by atoms with Crippen molar-refractivity contribution in [1.82, 2.24) is 0 Å². The minimum Gasteiger partial charge on any atom is -0.466 e. The van der Waals surface area contributed by atoms with Crippen LogP contribution in [0.3, 0.4) is 0 Å². The topological polar surface area (TPSA) is 55.7 Å². The average Bonchev–Trinajstić information content (AvgIpc) is 2.27. The Morgan fingerprint density at radius 2 is 2.33 bits per heavy atom. The molecule has 0 unspecified atom stereocenters. The summed E-state index contributed by atoms with van der Waals surface area (Å²) >= 11 is 0. The first-order chi connectivity index (χ1) is 7.26. The van der Waals surface area contributed by atoms with Gasteiger partial charge in [-0.3, -0.25) is 0 Å². The lowest BCUT2D eigenvalue weighted by Crippen LogP contribution is -1.93. The van der Waals surface area contributed by atoms with Gasteiger partial charge >= 0.3 is 5.97 Å². The molecule has 0 aliphatic heterocycles. The Labute approximate surface area is 86.9 Å². The van der Waals surface area contributed by atoms with Crippen molar-refractivity contribution in [3.05, 3.63) is 35.9 Å². The van der Waals surface area contributed by atoms with E-state index in [1.807, 2.05) is 0 Å². The summed E-state index contributed by atoms with van der Waals surface area (Å²) in [4.78, 5) is 24.3. The van der Waals surface area contributed by atoms with Gasteiger partial charge in [-0.1, -0.05) is 12.1 Å². The second-order valence-electron chi connectivity index (χ2n) is 2.65. The van der Waals surface area contributed by atoms with Crippen LogP contribution in [-0.4, -0.2) is 19.2 Å². The lowest BCUT2D eigenvalue weighted by molar-refractivity contribution is -0.134. The van der Waals surface area contributed by atoms with Crippen LogP contribution >= 0.6 is 0 Å². The van der Waals surface area contributed by atoms with E-state index in [-0.39, 0.29) is 0 Å². The van der Waals surface area contributed by atoms with Crippen LogP contribution in [0.1, 0.15) is 5.56 Å². The predicted octanol–water partition coefficient (Wildman–Crippen LogP) is 1.84. The minimum absolute atomic E-state index is 0.431. The first-order valence-corrected chi connectivity index (χ1v) is 4.20. The molecular formula is C11H9NO3. The van der Waals surface area contributed by atoms with Crippen LogP contribution in [0.2, 0.25) is 0 Å². The molecule has 0 bridgehead atoms. The number of isocyanates is 1. The molecule has 0 heterocycles. The molecular weight excluding hydrogens is 194 g/mol. The fourth-order valence-electron chi connectivity index (χ4n) is 0.983. The third-order valence-corrected chi connectivity index (χ3v) is 1.66. The number of hydrogen-bond donors (Lipinski definition) is 0. The standard InChI is InChI=1S/C11H9NO3/c1-15-11(14)6-5-9-3-2-4-10(7-9)12-8-13/h2-7H,1H3. The number of ether oxygens (including phenoxy) is 1. The molecule has 0 aromatic heterocycles. The summed E-state index contributed by atoms with van der Waals surface area (Å²) in [5, 5.41) is 0. The van der Waals surface area contributed by atoms with E-state index in [1.165, 1.54) is 19.3 Å². The average molecular weight is 203 g/mol. The van der Waals surface area contributed by atoms with Crippen LogP contribution in [0.25, 0.3) is 6.08 Å². The van der Waals surface area contributed by atoms with Crippen molar-refractivity contribution in [2.45, 2.75) is 0 Å². The maximum absolute atomic E-state index is 10.8. The Morgan fingerprint density at radius 3 is 3.00 bits per heavy atom. The number of nitrogens with zero attached hydrogens (tertiary/aromatic N) is 1. The van der Waals surface area contributed by atoms with E-state index in [2.05, 4.69) is 9.73 Å². The van der Waals surface area contributed by atoms with Gasteiger partial charge in [-0.25, -0.2) is 9.59 Å². The van der Waals surface area contributed by atoms with Gasteiger partial charge in [0.2, 0.25) is 6.08 Å². The van der Waals surface area contributed by atoms with Crippen LogP contribution in [0, 0.1) is 0 Å². The van der Waals surface area contributed by atoms with Gasteiger partial charge < -0.3 is 4.74 Å². The van der Waals surface area contributed by atoms with E-state index in [1.54, 1.807) is 30.3 Å². The highest BCUT2D eigenvalue weighted by Gasteiger charge is 1.93. The molecule has 0 fully saturated rings. The number of carbonyl (C=O) groups is 1. The molecule has 0 atom stereocenters. The Kier molecular flexibility index (Phi) is 4.01. The van der Waals surface area contributed by atoms with Gasteiger partial charge in [-0.15, -0.1) is 0 Å². The van der Waals surface area contributed by atoms with Crippen molar-refractivity contribution >= 4 is 23.8 Å². The smallest absolute Gasteiger partial charge is 0.330 e. The Balaban J connectivity index is 2.86. The largest absolute Gasteiger partial charge is 0.466 e. The summed E-state index contributed by atoms with van der Waals surface area (Å²) in [6.45, 7) is 0. The van der Waals surface area contributed by atoms with Crippen molar-refractivity contribution < 1.29 is 14.3 Å². The quantitative estimate of drug-likeness (QED) is 0.326. The molecule has 4 heteroatoms. The van der Waals surface area contributed by atoms with Gasteiger partial charge in [-0.05, 0) is 23.8 Å². The summed E-state index contributed by atoms with van der Waals surface area (Å²) in [7, 11) is 1.31. The molecule has 0 saturated heterocycles. The van der Waals surface area contributed by atoms with Crippen molar-refractivity contribution in [2.24, 2.45) is 4.99 Å². The van der Waals surface area contributed by atoms with Gasteiger partial charge in [0.1, 0.15) is 0 Å². The SMILES string of the molecule is COC(=O)C=Cc1cccc(N=C=O)c1. The molecule has 0 N–H and O–H groups in total. The Hall–Kier alpha value is -2.19. The van der Waals surface area contributed by atoms with Crippen LogP contribution in [0.5, 0.6) is 0 Å². The van der Waals surface area contributed by atoms with Crippen molar-refractivity contribution in [3.63, 3.8) is 0 Å². The number of benzene rings is 1. The molecule has 1 aromatic rings. The maximum atomic E-state index is 10.8. The highest BCUT2D eigenvalue weighted by molar-refractivity contribution is 5.87. The maximum Gasteiger partial charge on any atom is 0.330 e. The molecule has 15 heavy (non-hydrogen) atoms. The number of rotatable bonds is 3. The number of hydrogen-bond acceptors (Lipinski definition) is 4. The molecule has 1 rings (SSSR count). The van der Waals surface area contributed by atoms with Crippen LogP contribution < -0.4 is 0 Å². The predicted molar refractivity (Wildman–Crippen MR) is 55.3 cm³/mol. The molecule has 0 amide bonds. The van der Waals surface area contributed by atoms with Crippen molar-refractivity contribution in [2.75, 3.05) is 7.11 Å². The number of carbonyl (C=O) groups excluding carboxylic acids is 2. The molecule has 76 valence electrons. The molecule has 0 saturated carbocycles. The normalized spacial score (nSPS) is 9.67. The monoisotopic (exact) mass is 203 g/mol. The first-order valence-electron chi connectivity index (χ1n) is 4.20. The zero-order valence-electron chi connectivity index (χ0n) is 8.14. The second-order valence-corrected chi connectivity index (χ2v) is 2.65. The fourth-order valence-corrected chi connectivity index (χ4v) is 0.983. The van der Waals surface area contributed by atoms with Gasteiger partial charge in [-0.2, -0.15) is 4.99 Å². The zero-order valence-corrected chi connectivity index (χ0v) is 8.14. The number of aliphatic imine (C=N–C) groups is 1. The molecule has 0 aliphatic rings. The lowest BCUT2D eigenvalue weighted by atomic mass is 10.2. The molecule has 4 nitrogen and oxygen atoms in total. The van der Waals surface area contributed by atoms with E-state index in [4.69, 9.17) is 0 Å². The molecule has 0 spiro atoms. The Morgan fingerprint density at radius 1 is 1.53 bits per heavy atom. The third kappa shape index (κ3) is 3.58. The Bertz CT molecular complexity index is 431. The lowest BCUT2D eigenvalue weighted by Gasteiger charge is -1.94. The fraction of sp³-hybridized carbons (Fsp3) is 0.0909. The van der Waals surface area contributed by atoms with E-state index < -0.39 is 5.97 Å². The summed E-state index contributed by atoms with van der Waals surface area (Å²) < 4.78 is 4.44. The summed E-state index contributed by atoms with van der Waals surface area (Å²) in [5.74, 6) is -0.431. The number of esters is 1. The molecule has 0 aliphatic carbocycles. The van der Waals surface area contributed by atoms with Crippen molar-refractivity contribution in [3.8, 4) is 0 Å². The van der Waals surface area contributed by atoms with Gasteiger partial charge in [0, 0.05) is 6.08 Å². The van der Waals surface area contributed by atoms with E-state index in [9.17, 15) is 9.59 Å². The highest BCUT2D eigenvalue weighted by Crippen LogP contribution is 2.14. The van der Waals surface area contributed by atoms with Gasteiger partial charge in [0.25, 0.3) is 0 Å². The first kappa shape index (κ1) is 10.9. The van der Waals surface area contributed by atoms with Crippen LogP contribution in [-0.2, 0) is 14.3 Å². The van der Waals surface area contributed by atoms with Crippen LogP contribution in [0.15, 0.2) is 35.3 Å². The molecule has 0 radical (unpaired) electrons. The van der Waals surface area contributed by atoms with E-state index >= 15 is 0 Å². The van der Waals surface area contributed by atoms with Crippen molar-refractivity contribution in [1.29, 1.82) is 0 Å². The van der Waals surface area contributed by atoms with Crippen LogP contribution in [0.4, 0.5) is 5.69 Å². The summed E-state index contributed by atoms with van der Waals surface area (Å²) in [5.41, 5.74) is 1.26. The van der Waals surface area contributed by atoms with E-state index in [0.717, 1.165) is 5.56 Å². The molecule has 1 aromatic carbocycles.